The molecule has 0 amide bonds. The van der Waals surface area contributed by atoms with Crippen molar-refractivity contribution >= 4 is 47.9 Å². The Kier molecular flexibility index (Phi) is 13.1. The molecule has 0 radical (unpaired) electrons. The van der Waals surface area contributed by atoms with Crippen molar-refractivity contribution < 1.29 is 85.8 Å². The normalized spacial score (nSPS) is 39.8. The van der Waals surface area contributed by atoms with Crippen LogP contribution in [0.4, 0.5) is 0 Å². The van der Waals surface area contributed by atoms with Crippen molar-refractivity contribution in [2.75, 3.05) is 21.3 Å². The Morgan fingerprint density at radius 2 is 0.911 bits per heavy atom. The van der Waals surface area contributed by atoms with Crippen LogP contribution in [0.2, 0.25) is 0 Å². The van der Waals surface area contributed by atoms with Gasteiger partial charge in [0.15, 0.2) is 0 Å². The highest BCUT2D eigenvalue weighted by Gasteiger charge is 2.60. The largest absolute Gasteiger partial charge is 0.469 e. The lowest BCUT2D eigenvalue weighted by molar-refractivity contribution is -0.192. The van der Waals surface area contributed by atoms with Crippen LogP contribution >= 0.6 is 0 Å². The monoisotopic (exact) mass is 784 g/mol. The average Bonchev–Trinajstić information content (AvgIpc) is 4.06. The van der Waals surface area contributed by atoms with E-state index in [1.807, 2.05) is 19.1 Å². The van der Waals surface area contributed by atoms with Crippen LogP contribution in [0.1, 0.15) is 6.92 Å². The third-order valence-electron chi connectivity index (χ3n) is 10.8. The van der Waals surface area contributed by atoms with Crippen LogP contribution in [0, 0.1) is 47.3 Å². The lowest BCUT2D eigenvalue weighted by Gasteiger charge is -2.20. The van der Waals surface area contributed by atoms with E-state index in [1.54, 1.807) is 30.4 Å². The van der Waals surface area contributed by atoms with Gasteiger partial charge in [-0.2, -0.15) is 9.59 Å². The molecule has 300 valence electrons. The van der Waals surface area contributed by atoms with Gasteiger partial charge in [-0.05, 0) is 0 Å². The van der Waals surface area contributed by atoms with Gasteiger partial charge in [0.25, 0.3) is 0 Å². The molecule has 4 bridgehead atoms. The Bertz CT molecular complexity index is 1700. The number of ether oxygens (including phenoxy) is 9. The first-order valence-electron chi connectivity index (χ1n) is 17.5. The summed E-state index contributed by atoms with van der Waals surface area (Å²) < 4.78 is 45.8. The van der Waals surface area contributed by atoms with Crippen LogP contribution in [0.15, 0.2) is 61.8 Å². The van der Waals surface area contributed by atoms with E-state index >= 15 is 0 Å². The van der Waals surface area contributed by atoms with Gasteiger partial charge in [0.1, 0.15) is 35.5 Å². The van der Waals surface area contributed by atoms with Crippen molar-refractivity contribution in [3.8, 4) is 0 Å². The number of carbonyl (C=O) groups excluding carboxylic acids is 9. The minimum atomic E-state index is -0.715. The van der Waals surface area contributed by atoms with Gasteiger partial charge >= 0.3 is 47.9 Å². The summed E-state index contributed by atoms with van der Waals surface area (Å²) in [7, 11) is 3.93. The molecule has 0 aliphatic carbocycles. The van der Waals surface area contributed by atoms with E-state index in [4.69, 9.17) is 38.0 Å². The van der Waals surface area contributed by atoms with Crippen molar-refractivity contribution in [3.05, 3.63) is 61.8 Å². The van der Waals surface area contributed by atoms with Gasteiger partial charge in [-0.15, -0.1) is 13.2 Å². The molecule has 16 unspecified atom stereocenters. The maximum atomic E-state index is 12.1. The summed E-state index contributed by atoms with van der Waals surface area (Å²) in [5, 5.41) is 0. The van der Waals surface area contributed by atoms with Crippen LogP contribution in [0.3, 0.4) is 0 Å². The second-order valence-electron chi connectivity index (χ2n) is 13.6. The molecule has 6 fully saturated rings. The Morgan fingerprint density at radius 3 is 1.36 bits per heavy atom. The maximum absolute atomic E-state index is 12.1. The molecule has 0 saturated carbocycles. The van der Waals surface area contributed by atoms with Gasteiger partial charge in [-0.1, -0.05) is 55.5 Å². The third kappa shape index (κ3) is 7.70. The summed E-state index contributed by atoms with van der Waals surface area (Å²) >= 11 is 0. The topological polar surface area (TPSA) is 237 Å². The zero-order valence-corrected chi connectivity index (χ0v) is 30.6. The molecule has 0 aromatic carbocycles. The predicted octanol–water partition coefficient (Wildman–Crippen LogP) is 0.148. The van der Waals surface area contributed by atoms with Crippen molar-refractivity contribution in [1.29, 1.82) is 0 Å². The first-order chi connectivity index (χ1) is 26.8. The Balaban J connectivity index is 0.000000168. The smallest absolute Gasteiger partial charge is 0.373 e. The first kappa shape index (κ1) is 41.8. The van der Waals surface area contributed by atoms with Gasteiger partial charge in [-0.25, -0.2) is 0 Å². The van der Waals surface area contributed by atoms with Crippen LogP contribution in [-0.4, -0.2) is 118 Å². The molecule has 8 aliphatic heterocycles. The highest BCUT2D eigenvalue weighted by Crippen LogP contribution is 2.44. The molecule has 0 spiro atoms. The molecule has 56 heavy (non-hydrogen) atoms. The van der Waals surface area contributed by atoms with Gasteiger partial charge in [-0.3, -0.25) is 33.6 Å². The number of rotatable bonds is 7. The fourth-order valence-corrected chi connectivity index (χ4v) is 8.20. The average molecular weight is 785 g/mol. The molecule has 6 saturated heterocycles. The van der Waals surface area contributed by atoms with Gasteiger partial charge in [0, 0.05) is 5.92 Å². The van der Waals surface area contributed by atoms with E-state index in [0.29, 0.717) is 0 Å². The summed E-state index contributed by atoms with van der Waals surface area (Å²) in [6, 6.07) is 0. The van der Waals surface area contributed by atoms with E-state index < -0.39 is 83.7 Å². The fourth-order valence-electron chi connectivity index (χ4n) is 8.20. The van der Waals surface area contributed by atoms with E-state index in [2.05, 4.69) is 27.4 Å². The molecule has 0 aromatic rings. The van der Waals surface area contributed by atoms with Crippen molar-refractivity contribution in [1.82, 2.24) is 0 Å². The molecule has 8 aliphatic rings. The number of hydrogen-bond acceptors (Lipinski definition) is 18. The SMILES string of the molecule is C=CC1OC(/C=C\C2OC(C=C)C3C(=O)OC(=O)C23)C(C(=O)OC)C1C.COC(=O)C1C2C=CC(O2)C1C(=O)OC.O=C1OC(=O)C2C3C=CC(O3)C12.O=C=O. The van der Waals surface area contributed by atoms with Gasteiger partial charge in [0.2, 0.25) is 0 Å². The Hall–Kier alpha value is -5.39. The fraction of sp³-hybridized carbons (Fsp3) is 0.526. The number of methoxy groups -OCH3 is 3. The molecular formula is C38H40O18. The van der Waals surface area contributed by atoms with E-state index in [9.17, 15) is 33.6 Å². The van der Waals surface area contributed by atoms with Crippen molar-refractivity contribution in [3.63, 3.8) is 0 Å². The van der Waals surface area contributed by atoms with Gasteiger partial charge < -0.3 is 42.6 Å². The zero-order valence-electron chi connectivity index (χ0n) is 30.6. The predicted molar refractivity (Wildman–Crippen MR) is 179 cm³/mol. The molecule has 8 rings (SSSR count). The van der Waals surface area contributed by atoms with Gasteiger partial charge in [0.05, 0.1) is 76.1 Å². The zero-order chi connectivity index (χ0) is 41.0. The van der Waals surface area contributed by atoms with Crippen molar-refractivity contribution in [2.24, 2.45) is 47.3 Å². The lowest BCUT2D eigenvalue weighted by Crippen LogP contribution is -2.37. The lowest BCUT2D eigenvalue weighted by atomic mass is 9.83. The summed E-state index contributed by atoms with van der Waals surface area (Å²) in [6.07, 6.45) is 10.7. The second kappa shape index (κ2) is 17.6. The minimum absolute atomic E-state index is 0.106. The molecular weight excluding hydrogens is 744 g/mol. The Morgan fingerprint density at radius 1 is 0.554 bits per heavy atom. The highest BCUT2D eigenvalue weighted by atomic mass is 16.6. The molecule has 0 aromatic heterocycles. The number of fused-ring (bicyclic) bond motifs is 8. The number of carbonyl (C=O) groups is 7. The molecule has 8 heterocycles. The first-order valence-corrected chi connectivity index (χ1v) is 17.5. The molecule has 18 nitrogen and oxygen atoms in total. The van der Waals surface area contributed by atoms with E-state index in [-0.39, 0.29) is 60.4 Å². The second-order valence-corrected chi connectivity index (χ2v) is 13.6. The standard InChI is InChI=1S/C19H22O7.C10H12O5.C8H6O4.CO2/c1-5-10-9(3)14(17(20)23-4)12(24-10)7-8-13-16-15(11(6-2)25-13)18(21)26-19(16)22;1-13-9(11)7-5-3-4-6(15-5)8(7)10(12)14-2;9-7-5-3-1-2-4(11-3)6(5)8(10)12-7;2-1-3/h5-16H,1-2H2,3-4H3;3-8H,1-2H3;1-6H;/b8-7-;;;. The van der Waals surface area contributed by atoms with E-state index in [1.165, 1.54) is 27.4 Å². The van der Waals surface area contributed by atoms with E-state index in [0.717, 1.165) is 0 Å². The number of esters is 7. The number of hydrogen-bond donors (Lipinski definition) is 0. The molecule has 16 atom stereocenters. The third-order valence-corrected chi connectivity index (χ3v) is 10.8. The summed E-state index contributed by atoms with van der Waals surface area (Å²) in [4.78, 5) is 97.4. The van der Waals surface area contributed by atoms with Crippen LogP contribution in [0.25, 0.3) is 0 Å². The van der Waals surface area contributed by atoms with Crippen LogP contribution in [0.5, 0.6) is 0 Å². The highest BCUT2D eigenvalue weighted by molar-refractivity contribution is 5.99. The summed E-state index contributed by atoms with van der Waals surface area (Å²) in [5.74, 6) is -7.17. The Labute approximate surface area is 319 Å². The van der Waals surface area contributed by atoms with Crippen LogP contribution < -0.4 is 0 Å². The quantitative estimate of drug-likeness (QED) is 0.145. The maximum Gasteiger partial charge on any atom is 0.373 e. The minimum Gasteiger partial charge on any atom is -0.469 e. The molecule has 0 N–H and O–H groups in total. The molecule has 18 heteroatoms. The number of cyclic esters (lactones) is 4. The summed E-state index contributed by atoms with van der Waals surface area (Å²) in [6.45, 7) is 9.27. The van der Waals surface area contributed by atoms with Crippen molar-refractivity contribution in [2.45, 2.75) is 55.8 Å². The summed E-state index contributed by atoms with van der Waals surface area (Å²) in [5.41, 5.74) is 0. The van der Waals surface area contributed by atoms with Crippen LogP contribution in [-0.2, 0) is 85.8 Å².